The average Bonchev–Trinajstić information content (AvgIpc) is 3.62. The fourth-order valence-electron chi connectivity index (χ4n) is 8.04. The molecule has 1 fully saturated rings. The van der Waals surface area contributed by atoms with Gasteiger partial charge < -0.3 is 19.1 Å². The number of aromatic nitrogens is 2. The molecular formula is C47H55N5O6S. The van der Waals surface area contributed by atoms with Crippen LogP contribution in [0.2, 0.25) is 0 Å². The Morgan fingerprint density at radius 1 is 0.915 bits per heavy atom. The Morgan fingerprint density at radius 3 is 2.46 bits per heavy atom. The van der Waals surface area contributed by atoms with E-state index in [1.807, 2.05) is 101 Å². The van der Waals surface area contributed by atoms with Crippen LogP contribution in [0.15, 0.2) is 72.8 Å². The average molecular weight is 818 g/mol. The number of para-hydroxylation sites is 1. The van der Waals surface area contributed by atoms with Gasteiger partial charge in [-0.2, -0.15) is 0 Å². The van der Waals surface area contributed by atoms with E-state index in [0.29, 0.717) is 61.3 Å². The van der Waals surface area contributed by atoms with E-state index in [-0.39, 0.29) is 23.0 Å². The number of anilines is 2. The van der Waals surface area contributed by atoms with Gasteiger partial charge in [0.05, 0.1) is 30.0 Å². The van der Waals surface area contributed by atoms with Crippen LogP contribution in [0.25, 0.3) is 21.3 Å². The van der Waals surface area contributed by atoms with Crippen LogP contribution in [-0.4, -0.2) is 77.7 Å². The fraction of sp³-hybridized carbons (Fsp3) is 0.426. The molecule has 59 heavy (non-hydrogen) atoms. The van der Waals surface area contributed by atoms with Gasteiger partial charge in [-0.05, 0) is 144 Å². The highest BCUT2D eigenvalue weighted by Crippen LogP contribution is 2.38. The van der Waals surface area contributed by atoms with Crippen LogP contribution < -0.4 is 15.0 Å². The minimum absolute atomic E-state index is 0.154. The second-order valence-corrected chi connectivity index (χ2v) is 17.9. The fourth-order valence-corrected chi connectivity index (χ4v) is 8.90. The van der Waals surface area contributed by atoms with Crippen molar-refractivity contribution in [3.63, 3.8) is 0 Å². The lowest BCUT2D eigenvalue weighted by Crippen LogP contribution is -2.41. The van der Waals surface area contributed by atoms with Crippen LogP contribution in [0, 0.1) is 12.3 Å². The van der Waals surface area contributed by atoms with Crippen molar-refractivity contribution in [2.75, 3.05) is 49.6 Å². The number of carbonyl (C=O) groups is 3. The van der Waals surface area contributed by atoms with E-state index < -0.39 is 11.6 Å². The van der Waals surface area contributed by atoms with E-state index in [9.17, 15) is 14.4 Å². The Morgan fingerprint density at radius 2 is 1.69 bits per heavy atom. The summed E-state index contributed by atoms with van der Waals surface area (Å²) < 4.78 is 18.5. The Balaban J connectivity index is 1.06. The molecule has 0 aliphatic carbocycles. The van der Waals surface area contributed by atoms with E-state index in [1.54, 1.807) is 0 Å². The summed E-state index contributed by atoms with van der Waals surface area (Å²) >= 11 is 1.45. The molecule has 1 N–H and O–H groups in total. The summed E-state index contributed by atoms with van der Waals surface area (Å²) in [6.45, 7) is 16.0. The quantitative estimate of drug-likeness (QED) is 0.0909. The van der Waals surface area contributed by atoms with Crippen LogP contribution in [0.1, 0.15) is 97.8 Å². The van der Waals surface area contributed by atoms with Crippen LogP contribution in [-0.2, 0) is 27.2 Å². The van der Waals surface area contributed by atoms with Crippen LogP contribution in [0.3, 0.4) is 0 Å². The van der Waals surface area contributed by atoms with E-state index in [4.69, 9.17) is 19.2 Å². The number of hydrogen-bond acceptors (Lipinski definition) is 11. The molecule has 11 nitrogen and oxygen atoms in total. The molecule has 0 atom stereocenters. The first kappa shape index (κ1) is 41.8. The Bertz CT molecular complexity index is 2290. The topological polar surface area (TPSA) is 123 Å². The van der Waals surface area contributed by atoms with Crippen molar-refractivity contribution < 1.29 is 28.6 Å². The zero-order valence-corrected chi connectivity index (χ0v) is 35.9. The van der Waals surface area contributed by atoms with Gasteiger partial charge in [0.15, 0.2) is 10.8 Å². The molecule has 2 aliphatic rings. The number of thiazole rings is 1. The first-order valence-corrected chi connectivity index (χ1v) is 21.5. The monoisotopic (exact) mass is 817 g/mol. The van der Waals surface area contributed by atoms with E-state index in [2.05, 4.69) is 33.1 Å². The predicted molar refractivity (Wildman–Crippen MR) is 233 cm³/mol. The number of pyridine rings is 1. The van der Waals surface area contributed by atoms with Crippen molar-refractivity contribution in [3.8, 4) is 16.9 Å². The summed E-state index contributed by atoms with van der Waals surface area (Å²) in [7, 11) is 0. The van der Waals surface area contributed by atoms with E-state index in [0.717, 1.165) is 77.0 Å². The van der Waals surface area contributed by atoms with E-state index in [1.165, 1.54) is 11.3 Å². The van der Waals surface area contributed by atoms with Gasteiger partial charge in [-0.3, -0.25) is 19.8 Å². The predicted octanol–water partition coefficient (Wildman–Crippen LogP) is 9.26. The Hall–Kier alpha value is -5.33. The summed E-state index contributed by atoms with van der Waals surface area (Å²) in [6, 6.07) is 23.5. The van der Waals surface area contributed by atoms with Gasteiger partial charge in [-0.25, -0.2) is 14.8 Å². The van der Waals surface area contributed by atoms with Gasteiger partial charge >= 0.3 is 11.9 Å². The third-order valence-corrected chi connectivity index (χ3v) is 12.3. The minimum atomic E-state index is -0.726. The standard InChI is InChI=1S/C47H55N5O6S/c1-7-56-41(53)30-51-26-23-47(6,24-27-51)22-12-28-57-38-17-11-14-33(31(38)2)34-19-20-40(49-42(34)44(55)58-46(3,4)5)52-25-21-32-13-10-15-35(36(32)29-52)43(54)50-45-48-37-16-8-9-18-39(37)59-45/h8-11,13-20H,7,12,21-30H2,1-6H3,(H,48,50,54). The number of rotatable bonds is 13. The molecule has 3 aromatic carbocycles. The zero-order valence-electron chi connectivity index (χ0n) is 35.1. The SMILES string of the molecule is CCOC(=O)CN1CCC(C)(CCCOc2cccc(-c3ccc(N4CCc5cccc(C(=O)Nc6nc7ccccc7s6)c5C4)nc3C(=O)OC(C)(C)C)c2C)CC1. The maximum absolute atomic E-state index is 13.9. The normalized spacial score (nSPS) is 15.4. The number of hydrogen-bond donors (Lipinski definition) is 1. The lowest BCUT2D eigenvalue weighted by atomic mass is 9.77. The molecular weight excluding hydrogens is 763 g/mol. The summed E-state index contributed by atoms with van der Waals surface area (Å²) in [4.78, 5) is 53.5. The van der Waals surface area contributed by atoms with Crippen LogP contribution in [0.4, 0.5) is 10.9 Å². The van der Waals surface area contributed by atoms with Gasteiger partial charge in [0, 0.05) is 24.2 Å². The number of amides is 1. The maximum Gasteiger partial charge on any atom is 0.358 e. The molecule has 7 rings (SSSR count). The number of benzene rings is 3. The molecule has 0 saturated carbocycles. The largest absolute Gasteiger partial charge is 0.493 e. The number of piperidine rings is 1. The highest BCUT2D eigenvalue weighted by Gasteiger charge is 2.31. The van der Waals surface area contributed by atoms with Crippen molar-refractivity contribution in [1.29, 1.82) is 0 Å². The third-order valence-electron chi connectivity index (χ3n) is 11.3. The number of fused-ring (bicyclic) bond motifs is 2. The number of likely N-dealkylation sites (tertiary alicyclic amines) is 1. The summed E-state index contributed by atoms with van der Waals surface area (Å²) in [5.41, 5.74) is 5.61. The highest BCUT2D eigenvalue weighted by molar-refractivity contribution is 7.22. The number of nitrogens with one attached hydrogen (secondary N) is 1. The van der Waals surface area contributed by atoms with Crippen molar-refractivity contribution in [1.82, 2.24) is 14.9 Å². The van der Waals surface area contributed by atoms with Crippen molar-refractivity contribution >= 4 is 50.3 Å². The Labute approximate surface area is 351 Å². The van der Waals surface area contributed by atoms with E-state index >= 15 is 0 Å². The lowest BCUT2D eigenvalue weighted by molar-refractivity contribution is -0.145. The molecule has 0 bridgehead atoms. The molecule has 1 amide bonds. The van der Waals surface area contributed by atoms with Crippen molar-refractivity contribution in [3.05, 3.63) is 101 Å². The minimum Gasteiger partial charge on any atom is -0.493 e. The number of ether oxygens (including phenoxy) is 3. The zero-order chi connectivity index (χ0) is 41.7. The number of esters is 2. The Kier molecular flexibility index (Phi) is 12.7. The number of carbonyl (C=O) groups excluding carboxylic acids is 3. The molecule has 2 aliphatic heterocycles. The second kappa shape index (κ2) is 17.9. The number of nitrogens with zero attached hydrogens (tertiary/aromatic N) is 4. The first-order valence-electron chi connectivity index (χ1n) is 20.7. The van der Waals surface area contributed by atoms with Gasteiger partial charge in [-0.1, -0.05) is 54.7 Å². The lowest BCUT2D eigenvalue weighted by Gasteiger charge is -2.39. The molecule has 0 radical (unpaired) electrons. The molecule has 0 spiro atoms. The molecule has 4 heterocycles. The van der Waals surface area contributed by atoms with Crippen molar-refractivity contribution in [2.45, 2.75) is 85.8 Å². The summed E-state index contributed by atoms with van der Waals surface area (Å²) in [5, 5.41) is 3.58. The van der Waals surface area contributed by atoms with Gasteiger partial charge in [0.2, 0.25) is 0 Å². The van der Waals surface area contributed by atoms with Gasteiger partial charge in [0.1, 0.15) is 17.2 Å². The summed E-state index contributed by atoms with van der Waals surface area (Å²) in [6.07, 6.45) is 4.71. The van der Waals surface area contributed by atoms with Crippen molar-refractivity contribution in [2.24, 2.45) is 5.41 Å². The van der Waals surface area contributed by atoms with Gasteiger partial charge in [0.25, 0.3) is 5.91 Å². The first-order chi connectivity index (χ1) is 28.3. The maximum atomic E-state index is 13.9. The molecule has 5 aromatic rings. The molecule has 0 unspecified atom stereocenters. The second-order valence-electron chi connectivity index (χ2n) is 16.9. The van der Waals surface area contributed by atoms with Crippen LogP contribution >= 0.6 is 11.3 Å². The third kappa shape index (κ3) is 10.1. The summed E-state index contributed by atoms with van der Waals surface area (Å²) in [5.74, 6) is 0.529. The molecule has 1 saturated heterocycles. The highest BCUT2D eigenvalue weighted by atomic mass is 32.1. The molecule has 2 aromatic heterocycles. The molecule has 12 heteroatoms. The van der Waals surface area contributed by atoms with Gasteiger partial charge in [-0.15, -0.1) is 0 Å². The van der Waals surface area contributed by atoms with Crippen LogP contribution in [0.5, 0.6) is 5.75 Å². The molecule has 310 valence electrons. The smallest absolute Gasteiger partial charge is 0.358 e.